The summed E-state index contributed by atoms with van der Waals surface area (Å²) in [6.07, 6.45) is 2.81. The van der Waals surface area contributed by atoms with Crippen molar-refractivity contribution in [3.05, 3.63) is 30.5 Å². The molecule has 1 saturated carbocycles. The van der Waals surface area contributed by atoms with E-state index in [1.807, 2.05) is 0 Å². The van der Waals surface area contributed by atoms with E-state index in [1.165, 1.54) is 18.3 Å². The zero-order chi connectivity index (χ0) is 21.7. The van der Waals surface area contributed by atoms with Gasteiger partial charge in [-0.2, -0.15) is 4.98 Å². The molecule has 1 fully saturated rings. The molecular weight excluding hydrogens is 410 g/mol. The quantitative estimate of drug-likeness (QED) is 0.653. The van der Waals surface area contributed by atoms with Gasteiger partial charge in [0, 0.05) is 11.7 Å². The van der Waals surface area contributed by atoms with E-state index in [0.717, 1.165) is 0 Å². The monoisotopic (exact) mass is 433 g/mol. The van der Waals surface area contributed by atoms with E-state index < -0.39 is 21.7 Å². The Kier molecular flexibility index (Phi) is 4.91. The van der Waals surface area contributed by atoms with Gasteiger partial charge in [0.05, 0.1) is 17.2 Å². The molecule has 2 atom stereocenters. The number of sulfonamides is 1. The van der Waals surface area contributed by atoms with Gasteiger partial charge in [-0.15, -0.1) is 0 Å². The number of carbonyl (C=O) groups is 1. The maximum absolute atomic E-state index is 13.1. The van der Waals surface area contributed by atoms with Crippen molar-refractivity contribution in [2.75, 3.05) is 10.2 Å². The molecule has 0 unspecified atom stereocenters. The van der Waals surface area contributed by atoms with Crippen LogP contribution in [0.2, 0.25) is 0 Å². The van der Waals surface area contributed by atoms with E-state index in [0.29, 0.717) is 36.5 Å². The molecule has 1 amide bonds. The van der Waals surface area contributed by atoms with Crippen LogP contribution in [0.5, 0.6) is 5.75 Å². The number of nitrogens with zero attached hydrogens (tertiary/aromatic N) is 3. The van der Waals surface area contributed by atoms with Gasteiger partial charge in [-0.1, -0.05) is 0 Å². The van der Waals surface area contributed by atoms with E-state index in [4.69, 9.17) is 9.88 Å². The van der Waals surface area contributed by atoms with Gasteiger partial charge in [0.1, 0.15) is 0 Å². The number of nitrogens with two attached hydrogens (primary N) is 1. The van der Waals surface area contributed by atoms with Gasteiger partial charge in [0.25, 0.3) is 5.91 Å². The van der Waals surface area contributed by atoms with Crippen LogP contribution in [0.1, 0.15) is 33.1 Å². The highest BCUT2D eigenvalue weighted by Crippen LogP contribution is 2.40. The molecule has 0 radical (unpaired) electrons. The van der Waals surface area contributed by atoms with Crippen LogP contribution in [0.25, 0.3) is 0 Å². The Bertz CT molecular complexity index is 1090. The summed E-state index contributed by atoms with van der Waals surface area (Å²) in [6.45, 7) is 3.38. The second kappa shape index (κ2) is 7.18. The molecule has 0 spiro atoms. The lowest BCUT2D eigenvalue weighted by atomic mass is 10.0. The molecule has 1 aromatic carbocycles. The average molecular weight is 433 g/mol. The second-order valence-corrected chi connectivity index (χ2v) is 9.55. The van der Waals surface area contributed by atoms with Crippen molar-refractivity contribution in [2.24, 2.45) is 5.14 Å². The highest BCUT2D eigenvalue weighted by molar-refractivity contribution is 7.89. The largest absolute Gasteiger partial charge is 0.472 e. The standard InChI is InChI=1S/C19H23N5O5S/c1-19(2)17(26)24(12-5-6-13(25)9-12)16-15(29-19)10-21-18(23-16)22-11-3-7-14(8-4-11)30(20,27)28/h3-4,7-8,10,12-13,25H,5-6,9H2,1-2H3,(H2,20,27,28)(H,21,22,23)/t12-,13+/m1/s1. The van der Waals surface area contributed by atoms with E-state index in [9.17, 15) is 18.3 Å². The maximum Gasteiger partial charge on any atom is 0.272 e. The summed E-state index contributed by atoms with van der Waals surface area (Å²) in [5.41, 5.74) is -0.517. The lowest BCUT2D eigenvalue weighted by Gasteiger charge is -2.40. The third-order valence-electron chi connectivity index (χ3n) is 5.24. The molecule has 1 aliphatic heterocycles. The molecule has 1 aromatic heterocycles. The third-order valence-corrected chi connectivity index (χ3v) is 6.17. The van der Waals surface area contributed by atoms with E-state index in [1.54, 1.807) is 30.9 Å². The van der Waals surface area contributed by atoms with Gasteiger partial charge in [-0.3, -0.25) is 9.69 Å². The van der Waals surface area contributed by atoms with Crippen LogP contribution < -0.4 is 20.1 Å². The first kappa shape index (κ1) is 20.5. The molecule has 1 aliphatic carbocycles. The molecule has 2 heterocycles. The van der Waals surface area contributed by atoms with Crippen molar-refractivity contribution in [3.63, 3.8) is 0 Å². The number of rotatable bonds is 4. The Morgan fingerprint density at radius 1 is 1.27 bits per heavy atom. The Balaban J connectivity index is 1.66. The third kappa shape index (κ3) is 3.83. The number of benzene rings is 1. The molecule has 0 saturated heterocycles. The zero-order valence-corrected chi connectivity index (χ0v) is 17.4. The number of nitrogens with one attached hydrogen (secondary N) is 1. The lowest BCUT2D eigenvalue weighted by Crippen LogP contribution is -2.56. The molecule has 30 heavy (non-hydrogen) atoms. The molecule has 10 nitrogen and oxygen atoms in total. The van der Waals surface area contributed by atoms with Crippen LogP contribution >= 0.6 is 0 Å². The minimum Gasteiger partial charge on any atom is -0.472 e. The molecule has 2 aliphatic rings. The highest BCUT2D eigenvalue weighted by atomic mass is 32.2. The summed E-state index contributed by atoms with van der Waals surface area (Å²) >= 11 is 0. The summed E-state index contributed by atoms with van der Waals surface area (Å²) in [6, 6.07) is 5.65. The number of anilines is 3. The SMILES string of the molecule is CC1(C)Oc2cnc(Nc3ccc(S(N)(=O)=O)cc3)nc2N([C@@H]2CC[C@H](O)C2)C1=O. The van der Waals surface area contributed by atoms with Crippen molar-refractivity contribution in [3.8, 4) is 5.75 Å². The molecule has 0 bridgehead atoms. The smallest absolute Gasteiger partial charge is 0.272 e. The van der Waals surface area contributed by atoms with E-state index in [-0.39, 0.29) is 22.8 Å². The number of hydrogen-bond donors (Lipinski definition) is 3. The summed E-state index contributed by atoms with van der Waals surface area (Å²) in [7, 11) is -3.78. The van der Waals surface area contributed by atoms with Gasteiger partial charge in [0.15, 0.2) is 17.2 Å². The Morgan fingerprint density at radius 3 is 2.57 bits per heavy atom. The Morgan fingerprint density at radius 2 is 1.97 bits per heavy atom. The fraction of sp³-hybridized carbons (Fsp3) is 0.421. The van der Waals surface area contributed by atoms with Crippen LogP contribution in [0.4, 0.5) is 17.5 Å². The first-order chi connectivity index (χ1) is 14.0. The Labute approximate surface area is 174 Å². The fourth-order valence-corrected chi connectivity index (χ4v) is 4.25. The van der Waals surface area contributed by atoms with Crippen LogP contribution in [0, 0.1) is 0 Å². The Hall–Kier alpha value is -2.76. The van der Waals surface area contributed by atoms with Gasteiger partial charge in [-0.25, -0.2) is 18.5 Å². The number of primary sulfonamides is 1. The number of fused-ring (bicyclic) bond motifs is 1. The average Bonchev–Trinajstić information content (AvgIpc) is 3.08. The summed E-state index contributed by atoms with van der Waals surface area (Å²) in [5.74, 6) is 0.723. The summed E-state index contributed by atoms with van der Waals surface area (Å²) in [4.78, 5) is 23.4. The minimum atomic E-state index is -3.78. The normalized spacial score (nSPS) is 23.1. The molecule has 11 heteroatoms. The molecule has 4 rings (SSSR count). The van der Waals surface area contributed by atoms with Gasteiger partial charge in [0.2, 0.25) is 16.0 Å². The van der Waals surface area contributed by atoms with Crippen LogP contribution in [0.3, 0.4) is 0 Å². The number of amides is 1. The van der Waals surface area contributed by atoms with E-state index >= 15 is 0 Å². The van der Waals surface area contributed by atoms with Gasteiger partial charge >= 0.3 is 0 Å². The second-order valence-electron chi connectivity index (χ2n) is 7.98. The number of aliphatic hydroxyl groups excluding tert-OH is 1. The maximum atomic E-state index is 13.1. The number of aromatic nitrogens is 2. The molecule has 4 N–H and O–H groups in total. The lowest BCUT2D eigenvalue weighted by molar-refractivity contribution is -0.133. The molecule has 2 aromatic rings. The van der Waals surface area contributed by atoms with E-state index in [2.05, 4.69) is 15.3 Å². The molecule has 160 valence electrons. The van der Waals surface area contributed by atoms with Gasteiger partial charge in [-0.05, 0) is 57.4 Å². The predicted octanol–water partition coefficient (Wildman–Crippen LogP) is 1.29. The predicted molar refractivity (Wildman–Crippen MR) is 109 cm³/mol. The van der Waals surface area contributed by atoms with Crippen LogP contribution in [0.15, 0.2) is 35.4 Å². The van der Waals surface area contributed by atoms with Crippen molar-refractivity contribution < 1.29 is 23.1 Å². The highest BCUT2D eigenvalue weighted by Gasteiger charge is 2.46. The number of carbonyl (C=O) groups excluding carboxylic acids is 1. The van der Waals surface area contributed by atoms with Gasteiger partial charge < -0.3 is 15.2 Å². The molecular formula is C19H23N5O5S. The summed E-state index contributed by atoms with van der Waals surface area (Å²) in [5, 5.41) is 18.1. The van der Waals surface area contributed by atoms with Crippen molar-refractivity contribution in [1.29, 1.82) is 0 Å². The number of ether oxygens (including phenoxy) is 1. The number of aliphatic hydroxyl groups is 1. The topological polar surface area (TPSA) is 148 Å². The minimum absolute atomic E-state index is 0.00777. The fourth-order valence-electron chi connectivity index (χ4n) is 3.74. The van der Waals surface area contributed by atoms with Crippen molar-refractivity contribution in [2.45, 2.75) is 55.8 Å². The van der Waals surface area contributed by atoms with Crippen molar-refractivity contribution in [1.82, 2.24) is 9.97 Å². The first-order valence-corrected chi connectivity index (χ1v) is 11.1. The van der Waals surface area contributed by atoms with Crippen molar-refractivity contribution >= 4 is 33.4 Å². The zero-order valence-electron chi connectivity index (χ0n) is 16.6. The first-order valence-electron chi connectivity index (χ1n) is 9.52. The van der Waals surface area contributed by atoms with Crippen LogP contribution in [-0.2, 0) is 14.8 Å². The summed E-state index contributed by atoms with van der Waals surface area (Å²) < 4.78 is 28.6. The number of hydrogen-bond acceptors (Lipinski definition) is 8. The van der Waals surface area contributed by atoms with Crippen LogP contribution in [-0.4, -0.2) is 47.1 Å².